The van der Waals surface area contributed by atoms with Gasteiger partial charge in [-0.3, -0.25) is 4.68 Å². The van der Waals surface area contributed by atoms with Gasteiger partial charge in [-0.05, 0) is 35.7 Å². The van der Waals surface area contributed by atoms with Gasteiger partial charge in [-0.15, -0.1) is 0 Å². The molecule has 1 heterocycles. The van der Waals surface area contributed by atoms with Gasteiger partial charge in [0.2, 0.25) is 0 Å². The monoisotopic (exact) mass is 348 g/mol. The smallest absolute Gasteiger partial charge is 0.0766 e. The fourth-order valence-electron chi connectivity index (χ4n) is 1.59. The maximum atomic E-state index is 4.57. The van der Waals surface area contributed by atoms with Gasteiger partial charge >= 0.3 is 0 Å². The van der Waals surface area contributed by atoms with Gasteiger partial charge in [-0.25, -0.2) is 0 Å². The van der Waals surface area contributed by atoms with Crippen molar-refractivity contribution in [2.24, 2.45) is 0 Å². The van der Waals surface area contributed by atoms with Gasteiger partial charge in [-0.2, -0.15) is 5.10 Å². The SMILES string of the molecule is CCc1nn(CC)c(CC=CCCBr)c1Br. The lowest BCUT2D eigenvalue weighted by atomic mass is 10.2. The van der Waals surface area contributed by atoms with Crippen LogP contribution in [-0.4, -0.2) is 15.1 Å². The molecule has 4 heteroatoms. The highest BCUT2D eigenvalue weighted by atomic mass is 79.9. The summed E-state index contributed by atoms with van der Waals surface area (Å²) in [7, 11) is 0. The largest absolute Gasteiger partial charge is 0.268 e. The van der Waals surface area contributed by atoms with Crippen molar-refractivity contribution in [2.45, 2.75) is 39.7 Å². The van der Waals surface area contributed by atoms with Crippen LogP contribution in [0.4, 0.5) is 0 Å². The van der Waals surface area contributed by atoms with Crippen molar-refractivity contribution in [3.05, 3.63) is 28.0 Å². The average molecular weight is 350 g/mol. The summed E-state index contributed by atoms with van der Waals surface area (Å²) in [6.07, 6.45) is 7.44. The van der Waals surface area contributed by atoms with Crippen molar-refractivity contribution >= 4 is 31.9 Å². The molecule has 0 aliphatic heterocycles. The Balaban J connectivity index is 2.80. The van der Waals surface area contributed by atoms with E-state index in [2.05, 4.69) is 67.6 Å². The molecule has 0 spiro atoms. The molecule has 0 saturated carbocycles. The first-order valence-electron chi connectivity index (χ1n) is 5.69. The number of halogens is 2. The zero-order valence-electron chi connectivity index (χ0n) is 9.84. The Labute approximate surface area is 114 Å². The molecule has 0 fully saturated rings. The van der Waals surface area contributed by atoms with Crippen molar-refractivity contribution in [3.63, 3.8) is 0 Å². The minimum absolute atomic E-state index is 0.931. The van der Waals surface area contributed by atoms with E-state index in [0.29, 0.717) is 0 Å². The van der Waals surface area contributed by atoms with E-state index in [1.807, 2.05) is 0 Å². The van der Waals surface area contributed by atoms with Crippen molar-refractivity contribution in [1.29, 1.82) is 0 Å². The van der Waals surface area contributed by atoms with Gasteiger partial charge in [0.25, 0.3) is 0 Å². The third kappa shape index (κ3) is 3.45. The summed E-state index contributed by atoms with van der Waals surface area (Å²) in [5.41, 5.74) is 2.44. The highest BCUT2D eigenvalue weighted by molar-refractivity contribution is 9.10. The molecule has 0 N–H and O–H groups in total. The molecule has 0 amide bonds. The fourth-order valence-corrected chi connectivity index (χ4v) is 2.58. The van der Waals surface area contributed by atoms with Gasteiger partial charge in [0, 0.05) is 18.3 Å². The topological polar surface area (TPSA) is 17.8 Å². The van der Waals surface area contributed by atoms with Crippen molar-refractivity contribution < 1.29 is 0 Å². The lowest BCUT2D eigenvalue weighted by molar-refractivity contribution is 0.622. The Morgan fingerprint density at radius 3 is 2.62 bits per heavy atom. The van der Waals surface area contributed by atoms with E-state index in [4.69, 9.17) is 0 Å². The predicted molar refractivity (Wildman–Crippen MR) is 76.2 cm³/mol. The molecule has 1 aromatic heterocycles. The van der Waals surface area contributed by atoms with Gasteiger partial charge in [0.15, 0.2) is 0 Å². The molecule has 0 radical (unpaired) electrons. The summed E-state index contributed by atoms with van der Waals surface area (Å²) in [5, 5.41) is 5.60. The van der Waals surface area contributed by atoms with Gasteiger partial charge in [0.1, 0.15) is 0 Å². The second-order valence-corrected chi connectivity index (χ2v) is 5.12. The molecular formula is C12H18Br2N2. The summed E-state index contributed by atoms with van der Waals surface area (Å²) in [4.78, 5) is 0. The number of allylic oxidation sites excluding steroid dienone is 2. The van der Waals surface area contributed by atoms with Crippen LogP contribution >= 0.6 is 31.9 Å². The van der Waals surface area contributed by atoms with E-state index < -0.39 is 0 Å². The Bertz CT molecular complexity index is 356. The second kappa shape index (κ2) is 7.28. The molecule has 0 unspecified atom stereocenters. The van der Waals surface area contributed by atoms with Crippen LogP contribution in [0.25, 0.3) is 0 Å². The van der Waals surface area contributed by atoms with E-state index >= 15 is 0 Å². The predicted octanol–water partition coefficient (Wildman–Crippen LogP) is 4.11. The lowest BCUT2D eigenvalue weighted by Crippen LogP contribution is -2.02. The Hall–Kier alpha value is -0.0900. The molecule has 90 valence electrons. The van der Waals surface area contributed by atoms with Crippen LogP contribution in [0, 0.1) is 0 Å². The number of hydrogen-bond donors (Lipinski definition) is 0. The van der Waals surface area contributed by atoms with E-state index in [0.717, 1.165) is 36.8 Å². The van der Waals surface area contributed by atoms with E-state index in [9.17, 15) is 0 Å². The summed E-state index contributed by atoms with van der Waals surface area (Å²) in [6.45, 7) is 5.20. The molecular weight excluding hydrogens is 332 g/mol. The molecule has 2 nitrogen and oxygen atoms in total. The van der Waals surface area contributed by atoms with Crippen LogP contribution in [-0.2, 0) is 19.4 Å². The number of aromatic nitrogens is 2. The molecule has 0 aliphatic carbocycles. The Morgan fingerprint density at radius 1 is 1.31 bits per heavy atom. The van der Waals surface area contributed by atoms with Gasteiger partial charge in [-0.1, -0.05) is 35.0 Å². The first-order valence-corrected chi connectivity index (χ1v) is 7.61. The molecule has 0 bridgehead atoms. The zero-order valence-corrected chi connectivity index (χ0v) is 13.0. The molecule has 0 aromatic carbocycles. The number of aryl methyl sites for hydroxylation is 2. The highest BCUT2D eigenvalue weighted by Gasteiger charge is 2.11. The highest BCUT2D eigenvalue weighted by Crippen LogP contribution is 2.23. The summed E-state index contributed by atoms with van der Waals surface area (Å²) in [6, 6.07) is 0. The maximum Gasteiger partial charge on any atom is 0.0766 e. The van der Waals surface area contributed by atoms with Crippen LogP contribution in [0.2, 0.25) is 0 Å². The number of nitrogens with zero attached hydrogens (tertiary/aromatic N) is 2. The molecule has 1 aromatic rings. The van der Waals surface area contributed by atoms with Crippen LogP contribution < -0.4 is 0 Å². The van der Waals surface area contributed by atoms with E-state index in [-0.39, 0.29) is 0 Å². The van der Waals surface area contributed by atoms with Gasteiger partial charge < -0.3 is 0 Å². The Kier molecular flexibility index (Phi) is 6.36. The summed E-state index contributed by atoms with van der Waals surface area (Å²) >= 11 is 7.06. The van der Waals surface area contributed by atoms with E-state index in [1.54, 1.807) is 0 Å². The van der Waals surface area contributed by atoms with Crippen molar-refractivity contribution in [1.82, 2.24) is 9.78 Å². The van der Waals surface area contributed by atoms with Crippen LogP contribution in [0.3, 0.4) is 0 Å². The molecule has 16 heavy (non-hydrogen) atoms. The first-order chi connectivity index (χ1) is 7.74. The lowest BCUT2D eigenvalue weighted by Gasteiger charge is -2.01. The van der Waals surface area contributed by atoms with Crippen LogP contribution in [0.1, 0.15) is 31.7 Å². The molecule has 0 aliphatic rings. The number of alkyl halides is 1. The minimum Gasteiger partial charge on any atom is -0.268 e. The zero-order chi connectivity index (χ0) is 12.0. The van der Waals surface area contributed by atoms with Gasteiger partial charge in [0.05, 0.1) is 15.9 Å². The third-order valence-electron chi connectivity index (χ3n) is 2.45. The first kappa shape index (κ1) is 14.0. The normalized spacial score (nSPS) is 11.5. The standard InChI is InChI=1S/C12H18Br2N2/c1-3-10-12(14)11(16(4-2)15-10)8-6-5-7-9-13/h5-6H,3-4,7-9H2,1-2H3. The number of hydrogen-bond acceptors (Lipinski definition) is 1. The molecule has 0 saturated heterocycles. The minimum atomic E-state index is 0.931. The fraction of sp³-hybridized carbons (Fsp3) is 0.583. The third-order valence-corrected chi connectivity index (χ3v) is 3.82. The number of rotatable bonds is 6. The quantitative estimate of drug-likeness (QED) is 0.558. The summed E-state index contributed by atoms with van der Waals surface area (Å²) in [5.74, 6) is 0. The Morgan fingerprint density at radius 2 is 2.06 bits per heavy atom. The van der Waals surface area contributed by atoms with Crippen LogP contribution in [0.5, 0.6) is 0 Å². The van der Waals surface area contributed by atoms with E-state index in [1.165, 1.54) is 10.2 Å². The summed E-state index contributed by atoms with van der Waals surface area (Å²) < 4.78 is 3.27. The van der Waals surface area contributed by atoms with Crippen molar-refractivity contribution in [2.75, 3.05) is 5.33 Å². The average Bonchev–Trinajstić information content (AvgIpc) is 2.61. The molecule has 0 atom stereocenters. The van der Waals surface area contributed by atoms with Crippen molar-refractivity contribution in [3.8, 4) is 0 Å². The molecule has 1 rings (SSSR count). The maximum absolute atomic E-state index is 4.57. The second-order valence-electron chi connectivity index (χ2n) is 3.53. The van der Waals surface area contributed by atoms with Crippen LogP contribution in [0.15, 0.2) is 16.6 Å².